The third-order valence-corrected chi connectivity index (χ3v) is 5.30. The zero-order valence-electron chi connectivity index (χ0n) is 20.9. The van der Waals surface area contributed by atoms with Gasteiger partial charge in [0.1, 0.15) is 0 Å². The third kappa shape index (κ3) is 9.41. The average Bonchev–Trinajstić information content (AvgIpc) is 2.53. The largest absolute Gasteiger partial charge is 0.376 e. The fourth-order valence-corrected chi connectivity index (χ4v) is 4.49. The van der Waals surface area contributed by atoms with Crippen LogP contribution in [0.4, 0.5) is 0 Å². The van der Waals surface area contributed by atoms with Gasteiger partial charge < -0.3 is 21.3 Å². The standard InChI is InChI=1S/C22H46N6S2/c1-15(2)11-21(9,27(19(23)29)13-17(5)6)25-26-22(10,12-16(3)4)28(20(24)30)14-18(7)8/h15-18H,11-14H2,1-10H3,(H2,23,29)(H2,24,30). The summed E-state index contributed by atoms with van der Waals surface area (Å²) in [6.45, 7) is 22.9. The summed E-state index contributed by atoms with van der Waals surface area (Å²) < 4.78 is 0. The minimum atomic E-state index is -0.637. The van der Waals surface area contributed by atoms with Crippen molar-refractivity contribution < 1.29 is 0 Å². The maximum absolute atomic E-state index is 6.15. The molecule has 0 aromatic rings. The Morgan fingerprint density at radius 2 is 0.933 bits per heavy atom. The van der Waals surface area contributed by atoms with Crippen molar-refractivity contribution >= 4 is 34.7 Å². The predicted octanol–water partition coefficient (Wildman–Crippen LogP) is 5.37. The molecular formula is C22H46N6S2. The highest BCUT2D eigenvalue weighted by molar-refractivity contribution is 7.80. The van der Waals surface area contributed by atoms with Crippen LogP contribution >= 0.6 is 24.4 Å². The van der Waals surface area contributed by atoms with E-state index >= 15 is 0 Å². The van der Waals surface area contributed by atoms with Crippen molar-refractivity contribution in [2.75, 3.05) is 13.1 Å². The van der Waals surface area contributed by atoms with Crippen LogP contribution in [0.2, 0.25) is 0 Å². The van der Waals surface area contributed by atoms with E-state index in [9.17, 15) is 0 Å². The van der Waals surface area contributed by atoms with Crippen molar-refractivity contribution in [1.29, 1.82) is 0 Å². The Morgan fingerprint density at radius 1 is 0.667 bits per heavy atom. The van der Waals surface area contributed by atoms with Crippen LogP contribution < -0.4 is 11.5 Å². The Morgan fingerprint density at radius 3 is 1.10 bits per heavy atom. The van der Waals surface area contributed by atoms with E-state index in [1.807, 2.05) is 9.80 Å². The lowest BCUT2D eigenvalue weighted by molar-refractivity contribution is 0.110. The van der Waals surface area contributed by atoms with E-state index in [0.29, 0.717) is 33.9 Å². The van der Waals surface area contributed by atoms with Crippen molar-refractivity contribution in [3.8, 4) is 0 Å². The lowest BCUT2D eigenvalue weighted by Crippen LogP contribution is -2.55. The Labute approximate surface area is 196 Å². The van der Waals surface area contributed by atoms with Gasteiger partial charge in [-0.15, -0.1) is 0 Å². The molecule has 0 aromatic heterocycles. The summed E-state index contributed by atoms with van der Waals surface area (Å²) in [5.41, 5.74) is 11.0. The lowest BCUT2D eigenvalue weighted by atomic mass is 9.96. The van der Waals surface area contributed by atoms with Crippen LogP contribution in [0, 0.1) is 23.7 Å². The van der Waals surface area contributed by atoms with E-state index in [1.165, 1.54) is 0 Å². The van der Waals surface area contributed by atoms with E-state index in [4.69, 9.17) is 46.1 Å². The zero-order valence-corrected chi connectivity index (χ0v) is 22.5. The molecule has 0 aliphatic heterocycles. The maximum atomic E-state index is 6.15. The van der Waals surface area contributed by atoms with E-state index in [1.54, 1.807) is 0 Å². The summed E-state index contributed by atoms with van der Waals surface area (Å²) in [5.74, 6) is 1.59. The van der Waals surface area contributed by atoms with E-state index < -0.39 is 11.3 Å². The molecule has 176 valence electrons. The smallest absolute Gasteiger partial charge is 0.168 e. The van der Waals surface area contributed by atoms with E-state index in [-0.39, 0.29) is 0 Å². The number of rotatable bonds is 12. The highest BCUT2D eigenvalue weighted by Crippen LogP contribution is 2.32. The second kappa shape index (κ2) is 12.1. The monoisotopic (exact) mass is 458 g/mol. The van der Waals surface area contributed by atoms with Gasteiger partial charge in [-0.1, -0.05) is 55.4 Å². The molecule has 0 saturated carbocycles. The quantitative estimate of drug-likeness (QED) is 0.302. The Balaban J connectivity index is 6.37. The molecule has 30 heavy (non-hydrogen) atoms. The molecular weight excluding hydrogens is 412 g/mol. The molecule has 0 spiro atoms. The van der Waals surface area contributed by atoms with Gasteiger partial charge in [0, 0.05) is 13.1 Å². The topological polar surface area (TPSA) is 83.2 Å². The van der Waals surface area contributed by atoms with Crippen LogP contribution in [-0.4, -0.2) is 44.4 Å². The first kappa shape index (κ1) is 29.0. The first-order valence-corrected chi connectivity index (χ1v) is 11.9. The van der Waals surface area contributed by atoms with Gasteiger partial charge in [0.2, 0.25) is 0 Å². The summed E-state index contributed by atoms with van der Waals surface area (Å²) in [5, 5.41) is 10.6. The van der Waals surface area contributed by atoms with Crippen molar-refractivity contribution in [2.45, 2.75) is 93.4 Å². The minimum Gasteiger partial charge on any atom is -0.376 e. The molecule has 0 heterocycles. The highest BCUT2D eigenvalue weighted by atomic mass is 32.1. The molecule has 0 aromatic carbocycles. The molecule has 0 radical (unpaired) electrons. The number of hydrogen-bond acceptors (Lipinski definition) is 4. The van der Waals surface area contributed by atoms with Gasteiger partial charge >= 0.3 is 0 Å². The Bertz CT molecular complexity index is 540. The molecule has 0 fully saturated rings. The van der Waals surface area contributed by atoms with Crippen molar-refractivity contribution in [3.05, 3.63) is 0 Å². The molecule has 0 amide bonds. The molecule has 8 heteroatoms. The molecule has 6 nitrogen and oxygen atoms in total. The molecule has 0 saturated heterocycles. The summed E-state index contributed by atoms with van der Waals surface area (Å²) in [4.78, 5) is 4.03. The van der Waals surface area contributed by atoms with Crippen LogP contribution in [-0.2, 0) is 0 Å². The van der Waals surface area contributed by atoms with Crippen LogP contribution in [0.5, 0.6) is 0 Å². The predicted molar refractivity (Wildman–Crippen MR) is 137 cm³/mol. The van der Waals surface area contributed by atoms with Crippen LogP contribution in [0.1, 0.15) is 82.1 Å². The molecule has 0 rings (SSSR count). The van der Waals surface area contributed by atoms with Crippen molar-refractivity contribution in [2.24, 2.45) is 45.4 Å². The number of nitrogens with zero attached hydrogens (tertiary/aromatic N) is 4. The number of azo groups is 1. The number of hydrogen-bond donors (Lipinski definition) is 2. The number of thiocarbonyl (C=S) groups is 2. The van der Waals surface area contributed by atoms with Gasteiger partial charge in [-0.3, -0.25) is 0 Å². The van der Waals surface area contributed by atoms with Crippen LogP contribution in [0.15, 0.2) is 10.2 Å². The van der Waals surface area contributed by atoms with Gasteiger partial charge in [0.25, 0.3) is 0 Å². The summed E-state index contributed by atoms with van der Waals surface area (Å²) >= 11 is 10.8. The first-order valence-electron chi connectivity index (χ1n) is 11.1. The van der Waals surface area contributed by atoms with E-state index in [2.05, 4.69) is 69.2 Å². The molecule has 2 unspecified atom stereocenters. The van der Waals surface area contributed by atoms with Crippen LogP contribution in [0.3, 0.4) is 0 Å². The lowest BCUT2D eigenvalue weighted by Gasteiger charge is -2.43. The molecule has 0 aliphatic carbocycles. The van der Waals surface area contributed by atoms with Crippen molar-refractivity contribution in [3.63, 3.8) is 0 Å². The van der Waals surface area contributed by atoms with Gasteiger partial charge in [-0.2, -0.15) is 10.2 Å². The zero-order chi connectivity index (χ0) is 23.9. The van der Waals surface area contributed by atoms with Crippen LogP contribution in [0.25, 0.3) is 0 Å². The second-order valence-corrected chi connectivity index (χ2v) is 11.4. The summed E-state index contributed by atoms with van der Waals surface area (Å²) in [7, 11) is 0. The molecule has 0 bridgehead atoms. The SMILES string of the molecule is CC(C)CN(C(N)=S)C(C)(CC(C)C)N=NC(C)(CC(C)C)N(CC(C)C)C(N)=S. The number of nitrogens with two attached hydrogens (primary N) is 2. The van der Waals surface area contributed by atoms with E-state index in [0.717, 1.165) is 25.9 Å². The van der Waals surface area contributed by atoms with Crippen molar-refractivity contribution in [1.82, 2.24) is 9.80 Å². The van der Waals surface area contributed by atoms with Gasteiger partial charge in [-0.25, -0.2) is 0 Å². The van der Waals surface area contributed by atoms with Gasteiger partial charge in [0.05, 0.1) is 0 Å². The fraction of sp³-hybridized carbons (Fsp3) is 0.909. The summed E-state index contributed by atoms with van der Waals surface area (Å²) in [6.07, 6.45) is 1.57. The summed E-state index contributed by atoms with van der Waals surface area (Å²) in [6, 6.07) is 0. The maximum Gasteiger partial charge on any atom is 0.168 e. The van der Waals surface area contributed by atoms with Gasteiger partial charge in [-0.05, 0) is 74.8 Å². The second-order valence-electron chi connectivity index (χ2n) is 10.5. The van der Waals surface area contributed by atoms with Gasteiger partial charge in [0.15, 0.2) is 21.6 Å². The first-order chi connectivity index (χ1) is 13.5. The Kier molecular flexibility index (Phi) is 11.7. The average molecular weight is 459 g/mol. The fourth-order valence-electron chi connectivity index (χ4n) is 3.95. The minimum absolute atomic E-state index is 0.352. The third-order valence-electron chi connectivity index (χ3n) is 4.86. The molecule has 0 aliphatic rings. The Hall–Kier alpha value is -1.02. The molecule has 2 atom stereocenters. The highest BCUT2D eigenvalue weighted by Gasteiger charge is 2.38. The molecule has 4 N–H and O–H groups in total. The normalized spacial score (nSPS) is 16.3.